The molecule has 0 saturated heterocycles. The highest BCUT2D eigenvalue weighted by molar-refractivity contribution is 7.26. The predicted octanol–water partition coefficient (Wildman–Crippen LogP) is 16.3. The molecule has 0 fully saturated rings. The van der Waals surface area contributed by atoms with Gasteiger partial charge in [0.05, 0.1) is 27.6 Å². The van der Waals surface area contributed by atoms with Crippen molar-refractivity contribution in [2.24, 2.45) is 0 Å². The van der Waals surface area contributed by atoms with Gasteiger partial charge in [0.15, 0.2) is 5.82 Å². The Labute approximate surface area is 377 Å². The van der Waals surface area contributed by atoms with Crippen LogP contribution in [0.4, 0.5) is 0 Å². The minimum absolute atomic E-state index is 0.695. The van der Waals surface area contributed by atoms with Crippen molar-refractivity contribution >= 4 is 96.8 Å². The molecule has 0 unspecified atom stereocenters. The second-order valence-electron chi connectivity index (χ2n) is 16.9. The van der Waals surface area contributed by atoms with Crippen LogP contribution >= 0.6 is 11.3 Å². The maximum Gasteiger partial charge on any atom is 0.163 e. The largest absolute Gasteiger partial charge is 0.309 e. The van der Waals surface area contributed by atoms with Crippen LogP contribution in [-0.4, -0.2) is 19.1 Å². The van der Waals surface area contributed by atoms with Gasteiger partial charge in [-0.15, -0.1) is 11.3 Å². The van der Waals surface area contributed by atoms with E-state index >= 15 is 0 Å². The second-order valence-corrected chi connectivity index (χ2v) is 18.0. The van der Waals surface area contributed by atoms with Gasteiger partial charge >= 0.3 is 0 Å². The van der Waals surface area contributed by atoms with Crippen molar-refractivity contribution in [3.05, 3.63) is 218 Å². The summed E-state index contributed by atoms with van der Waals surface area (Å²) >= 11 is 1.81. The van der Waals surface area contributed by atoms with Crippen molar-refractivity contribution in [1.29, 1.82) is 0 Å². The Kier molecular flexibility index (Phi) is 7.82. The molecule has 302 valence electrons. The minimum Gasteiger partial charge on any atom is -0.309 e. The molecule has 14 rings (SSSR count). The van der Waals surface area contributed by atoms with Crippen LogP contribution in [0.5, 0.6) is 0 Å². The zero-order chi connectivity index (χ0) is 42.6. The Hall–Kier alpha value is -8.38. The number of thiophene rings is 1. The van der Waals surface area contributed by atoms with Crippen molar-refractivity contribution in [3.8, 4) is 45.1 Å². The van der Waals surface area contributed by atoms with Crippen LogP contribution in [0.25, 0.3) is 131 Å². The van der Waals surface area contributed by atoms with E-state index in [-0.39, 0.29) is 0 Å². The standard InChI is InChI=1S/C60H36N4S/c1-3-15-37(16-4-1)40-28-30-53-47(33-40)48-34-41(38-17-5-2-6-18-38)29-31-54(48)64(53)60-45-22-9-12-24-51(45)61-59(62-60)50-36-42(35-49-44-21-11-14-26-56(44)65-58(49)50)63-52-25-13-10-23-46(52)57-43-20-8-7-19-39(43)27-32-55(57)63/h1-36H. The van der Waals surface area contributed by atoms with Crippen molar-refractivity contribution < 1.29 is 0 Å². The molecule has 0 aliphatic rings. The van der Waals surface area contributed by atoms with E-state index < -0.39 is 0 Å². The number of benzene rings is 10. The van der Waals surface area contributed by atoms with E-state index in [0.717, 1.165) is 39.0 Å². The molecule has 65 heavy (non-hydrogen) atoms. The molecule has 4 aromatic heterocycles. The van der Waals surface area contributed by atoms with Gasteiger partial charge in [0.1, 0.15) is 5.82 Å². The number of aromatic nitrogens is 4. The number of hydrogen-bond acceptors (Lipinski definition) is 3. The lowest BCUT2D eigenvalue weighted by Gasteiger charge is -2.15. The fraction of sp³-hybridized carbons (Fsp3) is 0. The molecule has 5 heteroatoms. The summed E-state index contributed by atoms with van der Waals surface area (Å²) in [5.74, 6) is 1.55. The summed E-state index contributed by atoms with van der Waals surface area (Å²) in [7, 11) is 0. The van der Waals surface area contributed by atoms with Crippen LogP contribution in [0.15, 0.2) is 218 Å². The van der Waals surface area contributed by atoms with Gasteiger partial charge in [0.25, 0.3) is 0 Å². The van der Waals surface area contributed by atoms with E-state index in [0.29, 0.717) is 5.82 Å². The summed E-state index contributed by atoms with van der Waals surface area (Å²) in [4.78, 5) is 11.2. The second kappa shape index (κ2) is 14.1. The van der Waals surface area contributed by atoms with Crippen LogP contribution in [0, 0.1) is 0 Å². The average Bonchev–Trinajstić information content (AvgIpc) is 4.03. The third-order valence-corrected chi connectivity index (χ3v) is 14.5. The van der Waals surface area contributed by atoms with Gasteiger partial charge in [-0.2, -0.15) is 0 Å². The summed E-state index contributed by atoms with van der Waals surface area (Å²) in [6, 6.07) is 79.1. The molecule has 10 aromatic carbocycles. The lowest BCUT2D eigenvalue weighted by atomic mass is 10.0. The molecule has 0 spiro atoms. The normalized spacial score (nSPS) is 12.0. The summed E-state index contributed by atoms with van der Waals surface area (Å²) in [5, 5.41) is 10.8. The highest BCUT2D eigenvalue weighted by Crippen LogP contribution is 2.45. The molecule has 0 N–H and O–H groups in total. The first-order chi connectivity index (χ1) is 32.2. The number of rotatable bonds is 5. The van der Waals surface area contributed by atoms with Crippen LogP contribution in [0.1, 0.15) is 0 Å². The molecule has 14 aromatic rings. The molecule has 0 saturated carbocycles. The Morgan fingerprint density at radius 2 is 0.938 bits per heavy atom. The summed E-state index contributed by atoms with van der Waals surface area (Å²) in [6.45, 7) is 0. The van der Waals surface area contributed by atoms with Gasteiger partial charge in [-0.1, -0.05) is 152 Å². The Morgan fingerprint density at radius 3 is 1.68 bits per heavy atom. The maximum absolute atomic E-state index is 5.73. The summed E-state index contributed by atoms with van der Waals surface area (Å²) in [5.41, 5.74) is 12.2. The molecule has 4 heterocycles. The molecular formula is C60H36N4S. The van der Waals surface area contributed by atoms with E-state index in [1.54, 1.807) is 0 Å². The topological polar surface area (TPSA) is 35.6 Å². The van der Waals surface area contributed by atoms with E-state index in [2.05, 4.69) is 228 Å². The summed E-state index contributed by atoms with van der Waals surface area (Å²) in [6.07, 6.45) is 0. The molecule has 0 amide bonds. The lowest BCUT2D eigenvalue weighted by Crippen LogP contribution is -2.03. The van der Waals surface area contributed by atoms with Crippen LogP contribution in [0.3, 0.4) is 0 Å². The van der Waals surface area contributed by atoms with Gasteiger partial charge in [-0.05, 0) is 99.8 Å². The first-order valence-corrected chi connectivity index (χ1v) is 22.9. The zero-order valence-corrected chi connectivity index (χ0v) is 35.8. The molecule has 0 atom stereocenters. The smallest absolute Gasteiger partial charge is 0.163 e. The molecule has 0 radical (unpaired) electrons. The maximum atomic E-state index is 5.73. The van der Waals surface area contributed by atoms with Gasteiger partial charge in [0, 0.05) is 58.4 Å². The van der Waals surface area contributed by atoms with Crippen molar-refractivity contribution in [2.45, 2.75) is 0 Å². The SMILES string of the molecule is c1ccc(-c2ccc3c(c2)c2cc(-c4ccccc4)ccc2n3-c2nc(-c3cc(-n4c5ccccc5c5c6ccccc6ccc54)cc4c3sc3ccccc34)nc3ccccc23)cc1. The van der Waals surface area contributed by atoms with E-state index in [9.17, 15) is 0 Å². The number of nitrogens with zero attached hydrogens (tertiary/aromatic N) is 4. The highest BCUT2D eigenvalue weighted by Gasteiger charge is 2.23. The predicted molar refractivity (Wildman–Crippen MR) is 275 cm³/mol. The minimum atomic E-state index is 0.695. The fourth-order valence-electron chi connectivity index (χ4n) is 10.3. The summed E-state index contributed by atoms with van der Waals surface area (Å²) < 4.78 is 7.22. The lowest BCUT2D eigenvalue weighted by molar-refractivity contribution is 1.08. The number of hydrogen-bond donors (Lipinski definition) is 0. The number of fused-ring (bicyclic) bond motifs is 12. The Balaban J connectivity index is 1.07. The van der Waals surface area contributed by atoms with Gasteiger partial charge in [0.2, 0.25) is 0 Å². The Morgan fingerprint density at radius 1 is 0.354 bits per heavy atom. The third-order valence-electron chi connectivity index (χ3n) is 13.3. The van der Waals surface area contributed by atoms with Crippen molar-refractivity contribution in [1.82, 2.24) is 19.1 Å². The monoisotopic (exact) mass is 844 g/mol. The van der Waals surface area contributed by atoms with E-state index in [1.807, 2.05) is 11.3 Å². The van der Waals surface area contributed by atoms with Crippen molar-refractivity contribution in [3.63, 3.8) is 0 Å². The van der Waals surface area contributed by atoms with E-state index in [4.69, 9.17) is 9.97 Å². The molecule has 0 aliphatic carbocycles. The average molecular weight is 845 g/mol. The third kappa shape index (κ3) is 5.49. The van der Waals surface area contributed by atoms with Crippen LogP contribution < -0.4 is 0 Å². The molecule has 0 aliphatic heterocycles. The van der Waals surface area contributed by atoms with Crippen LogP contribution in [-0.2, 0) is 0 Å². The number of para-hydroxylation sites is 2. The first kappa shape index (κ1) is 36.1. The fourth-order valence-corrected chi connectivity index (χ4v) is 11.5. The van der Waals surface area contributed by atoms with Crippen LogP contribution in [0.2, 0.25) is 0 Å². The zero-order valence-electron chi connectivity index (χ0n) is 35.0. The molecular weight excluding hydrogens is 809 g/mol. The quantitative estimate of drug-likeness (QED) is 0.173. The molecule has 0 bridgehead atoms. The van der Waals surface area contributed by atoms with Gasteiger partial charge in [-0.25, -0.2) is 9.97 Å². The highest BCUT2D eigenvalue weighted by atomic mass is 32.1. The van der Waals surface area contributed by atoms with Crippen molar-refractivity contribution in [2.75, 3.05) is 0 Å². The first-order valence-electron chi connectivity index (χ1n) is 22.1. The molecule has 4 nitrogen and oxygen atoms in total. The van der Waals surface area contributed by atoms with E-state index in [1.165, 1.54) is 85.8 Å². The van der Waals surface area contributed by atoms with Gasteiger partial charge < -0.3 is 4.57 Å². The van der Waals surface area contributed by atoms with Gasteiger partial charge in [-0.3, -0.25) is 4.57 Å². The Bertz CT molecular complexity index is 4140.